The van der Waals surface area contributed by atoms with Crippen LogP contribution in [0, 0.1) is 5.82 Å². The number of fused-ring (bicyclic) bond motifs is 1. The van der Waals surface area contributed by atoms with Gasteiger partial charge in [0.05, 0.1) is 18.8 Å². The van der Waals surface area contributed by atoms with Crippen molar-refractivity contribution in [3.8, 4) is 0 Å². The molecule has 160 valence electrons. The fourth-order valence-electron chi connectivity index (χ4n) is 2.43. The number of alkyl halides is 2. The monoisotopic (exact) mass is 423 g/mol. The summed E-state index contributed by atoms with van der Waals surface area (Å²) < 4.78 is 52.8. The molecule has 0 unspecified atom stereocenters. The summed E-state index contributed by atoms with van der Waals surface area (Å²) >= 11 is 0. The molecule has 3 aromatic heterocycles. The van der Waals surface area contributed by atoms with Gasteiger partial charge in [-0.1, -0.05) is 0 Å². The minimum Gasteiger partial charge on any atom is -0.444 e. The third-order valence-corrected chi connectivity index (χ3v) is 3.73. The average Bonchev–Trinajstić information content (AvgIpc) is 3.10. The molecule has 0 aliphatic rings. The van der Waals surface area contributed by atoms with Crippen LogP contribution in [0.1, 0.15) is 32.4 Å². The lowest BCUT2D eigenvalue weighted by molar-refractivity contribution is -0.0311. The molecule has 0 spiro atoms. The Bertz CT molecular complexity index is 1050. The lowest BCUT2D eigenvalue weighted by Gasteiger charge is -2.20. The highest BCUT2D eigenvalue weighted by Crippen LogP contribution is 2.31. The Labute approximate surface area is 169 Å². The van der Waals surface area contributed by atoms with Crippen LogP contribution in [0.3, 0.4) is 0 Å². The van der Waals surface area contributed by atoms with Crippen LogP contribution < -0.4 is 10.6 Å². The third kappa shape index (κ3) is 5.16. The van der Waals surface area contributed by atoms with E-state index in [1.165, 1.54) is 30.6 Å². The molecule has 1 amide bonds. The summed E-state index contributed by atoms with van der Waals surface area (Å²) in [5.41, 5.74) is -0.593. The lowest BCUT2D eigenvalue weighted by Crippen LogP contribution is -2.38. The first-order valence-corrected chi connectivity index (χ1v) is 8.99. The van der Waals surface area contributed by atoms with Crippen LogP contribution in [0.5, 0.6) is 0 Å². The van der Waals surface area contributed by atoms with E-state index in [2.05, 4.69) is 20.3 Å². The zero-order chi connectivity index (χ0) is 21.9. The molecule has 11 heteroatoms. The van der Waals surface area contributed by atoms with E-state index in [-0.39, 0.29) is 29.2 Å². The Balaban J connectivity index is 1.75. The summed E-state index contributed by atoms with van der Waals surface area (Å²) in [5, 5.41) is 4.81. The molecule has 0 radical (unpaired) electrons. The highest BCUT2D eigenvalue weighted by molar-refractivity contribution is 5.84. The van der Waals surface area contributed by atoms with E-state index in [0.717, 1.165) is 0 Å². The van der Waals surface area contributed by atoms with Crippen LogP contribution in [-0.2, 0) is 17.2 Å². The van der Waals surface area contributed by atoms with Crippen LogP contribution in [-0.4, -0.2) is 33.2 Å². The predicted octanol–water partition coefficient (Wildman–Crippen LogP) is 3.99. The Hall–Kier alpha value is -3.37. The standard InChI is InChI=1S/C19H20F3N5O3/c1-18(2,3)30-17(28)26-10-19(21,22)16-27-14-13(29-16)6-8-24-15(14)25-9-12-11(20)5-4-7-23-12/h4-8H,9-10H2,1-3H3,(H,24,25)(H,26,28). The topological polar surface area (TPSA) is 102 Å². The fraction of sp³-hybridized carbons (Fsp3) is 0.368. The molecule has 3 rings (SSSR count). The molecule has 0 fully saturated rings. The van der Waals surface area contributed by atoms with Crippen LogP contribution in [0.25, 0.3) is 11.1 Å². The number of pyridine rings is 2. The summed E-state index contributed by atoms with van der Waals surface area (Å²) in [6.45, 7) is 3.75. The highest BCUT2D eigenvalue weighted by atomic mass is 19.3. The second kappa shape index (κ2) is 8.17. The van der Waals surface area contributed by atoms with E-state index in [9.17, 15) is 18.0 Å². The quantitative estimate of drug-likeness (QED) is 0.618. The molecule has 0 aromatic carbocycles. The molecule has 0 atom stereocenters. The molecule has 0 bridgehead atoms. The normalized spacial score (nSPS) is 12.1. The van der Waals surface area contributed by atoms with Crippen LogP contribution in [0.4, 0.5) is 23.8 Å². The first kappa shape index (κ1) is 21.3. The van der Waals surface area contributed by atoms with E-state index in [1.54, 1.807) is 20.8 Å². The van der Waals surface area contributed by atoms with Gasteiger partial charge in [-0.3, -0.25) is 4.98 Å². The molecular formula is C19H20F3N5O3. The largest absolute Gasteiger partial charge is 0.444 e. The number of alkyl carbamates (subject to hydrolysis) is 1. The van der Waals surface area contributed by atoms with E-state index < -0.39 is 35.9 Å². The zero-order valence-corrected chi connectivity index (χ0v) is 16.5. The number of carbonyl (C=O) groups is 1. The number of aromatic nitrogens is 3. The number of ether oxygens (including phenoxy) is 1. The van der Waals surface area contributed by atoms with Gasteiger partial charge in [0.25, 0.3) is 5.89 Å². The van der Waals surface area contributed by atoms with Gasteiger partial charge in [-0.2, -0.15) is 8.78 Å². The Morgan fingerprint density at radius 1 is 1.20 bits per heavy atom. The predicted molar refractivity (Wildman–Crippen MR) is 101 cm³/mol. The fourth-order valence-corrected chi connectivity index (χ4v) is 2.43. The molecule has 0 aliphatic heterocycles. The number of rotatable bonds is 6. The molecule has 30 heavy (non-hydrogen) atoms. The molecular weight excluding hydrogens is 403 g/mol. The van der Waals surface area contributed by atoms with Crippen molar-refractivity contribution in [2.75, 3.05) is 11.9 Å². The van der Waals surface area contributed by atoms with E-state index >= 15 is 0 Å². The van der Waals surface area contributed by atoms with Crippen molar-refractivity contribution in [2.45, 2.75) is 38.8 Å². The maximum atomic E-state index is 14.5. The van der Waals surface area contributed by atoms with Crippen LogP contribution in [0.15, 0.2) is 35.0 Å². The first-order valence-electron chi connectivity index (χ1n) is 8.99. The van der Waals surface area contributed by atoms with Crippen LogP contribution >= 0.6 is 0 Å². The zero-order valence-electron chi connectivity index (χ0n) is 16.5. The van der Waals surface area contributed by atoms with Gasteiger partial charge in [-0.25, -0.2) is 19.2 Å². The van der Waals surface area contributed by atoms with Crippen molar-refractivity contribution in [2.24, 2.45) is 0 Å². The second-order valence-corrected chi connectivity index (χ2v) is 7.37. The summed E-state index contributed by atoms with van der Waals surface area (Å²) in [4.78, 5) is 23.4. The van der Waals surface area contributed by atoms with Crippen molar-refractivity contribution in [3.63, 3.8) is 0 Å². The van der Waals surface area contributed by atoms with Gasteiger partial charge in [-0.05, 0) is 32.9 Å². The van der Waals surface area contributed by atoms with Crippen molar-refractivity contribution < 1.29 is 27.1 Å². The number of nitrogens with one attached hydrogen (secondary N) is 2. The van der Waals surface area contributed by atoms with Gasteiger partial charge in [0, 0.05) is 18.5 Å². The number of amides is 1. The average molecular weight is 423 g/mol. The number of nitrogens with zero attached hydrogens (tertiary/aromatic N) is 3. The molecule has 0 saturated carbocycles. The number of carbonyl (C=O) groups excluding carboxylic acids is 1. The number of anilines is 1. The van der Waals surface area contributed by atoms with E-state index in [0.29, 0.717) is 0 Å². The smallest absolute Gasteiger partial charge is 0.407 e. The maximum Gasteiger partial charge on any atom is 0.407 e. The second-order valence-electron chi connectivity index (χ2n) is 7.37. The van der Waals surface area contributed by atoms with Crippen molar-refractivity contribution >= 4 is 23.0 Å². The Kier molecular flexibility index (Phi) is 5.81. The molecule has 0 saturated heterocycles. The number of oxazole rings is 1. The minimum absolute atomic E-state index is 0.0302. The van der Waals surface area contributed by atoms with Crippen LogP contribution in [0.2, 0.25) is 0 Å². The SMILES string of the molecule is CC(C)(C)OC(=O)NCC(F)(F)c1nc2c(NCc3ncccc3F)nccc2o1. The third-order valence-electron chi connectivity index (χ3n) is 3.73. The Morgan fingerprint density at radius 2 is 1.97 bits per heavy atom. The Morgan fingerprint density at radius 3 is 2.67 bits per heavy atom. The first-order chi connectivity index (χ1) is 14.0. The molecule has 0 aliphatic carbocycles. The van der Waals surface area contributed by atoms with Crippen molar-refractivity contribution in [1.29, 1.82) is 0 Å². The molecule has 2 N–H and O–H groups in total. The van der Waals surface area contributed by atoms with Crippen molar-refractivity contribution in [1.82, 2.24) is 20.3 Å². The van der Waals surface area contributed by atoms with Gasteiger partial charge in [0.2, 0.25) is 0 Å². The number of halogens is 3. The molecule has 3 heterocycles. The lowest BCUT2D eigenvalue weighted by atomic mass is 10.2. The summed E-state index contributed by atoms with van der Waals surface area (Å²) in [6.07, 6.45) is 1.78. The van der Waals surface area contributed by atoms with Gasteiger partial charge in [0.1, 0.15) is 11.4 Å². The summed E-state index contributed by atoms with van der Waals surface area (Å²) in [6, 6.07) is 4.08. The van der Waals surface area contributed by atoms with Gasteiger partial charge < -0.3 is 19.8 Å². The summed E-state index contributed by atoms with van der Waals surface area (Å²) in [5.74, 6) is -4.88. The van der Waals surface area contributed by atoms with Gasteiger partial charge in [0.15, 0.2) is 16.9 Å². The minimum atomic E-state index is -3.60. The number of hydrogen-bond acceptors (Lipinski definition) is 7. The summed E-state index contributed by atoms with van der Waals surface area (Å²) in [7, 11) is 0. The molecule has 8 nitrogen and oxygen atoms in total. The molecule has 3 aromatic rings. The number of hydrogen-bond donors (Lipinski definition) is 2. The maximum absolute atomic E-state index is 14.5. The van der Waals surface area contributed by atoms with E-state index in [1.807, 2.05) is 5.32 Å². The van der Waals surface area contributed by atoms with E-state index in [4.69, 9.17) is 9.15 Å². The van der Waals surface area contributed by atoms with Gasteiger partial charge in [-0.15, -0.1) is 0 Å². The van der Waals surface area contributed by atoms with Gasteiger partial charge >= 0.3 is 12.0 Å². The van der Waals surface area contributed by atoms with Crippen molar-refractivity contribution in [3.05, 3.63) is 48.0 Å². The highest BCUT2D eigenvalue weighted by Gasteiger charge is 2.39.